The number of nitrogens with one attached hydrogen (secondary N) is 2. The van der Waals surface area contributed by atoms with Crippen molar-refractivity contribution in [1.82, 2.24) is 10.6 Å². The lowest BCUT2D eigenvalue weighted by Crippen LogP contribution is -2.65. The Bertz CT molecular complexity index is 222. The third-order valence-electron chi connectivity index (χ3n) is 1.69. The van der Waals surface area contributed by atoms with Crippen LogP contribution in [-0.2, 0) is 9.59 Å². The fourth-order valence-electron chi connectivity index (χ4n) is 0.926. The van der Waals surface area contributed by atoms with E-state index in [1.54, 1.807) is 11.8 Å². The second-order valence-corrected chi connectivity index (χ2v) is 4.06. The van der Waals surface area contributed by atoms with Crippen LogP contribution < -0.4 is 16.4 Å². The summed E-state index contributed by atoms with van der Waals surface area (Å²) in [6.45, 7) is 2.08. The third-order valence-corrected chi connectivity index (χ3v) is 2.90. The van der Waals surface area contributed by atoms with Gasteiger partial charge in [-0.25, -0.2) is 0 Å². The smallest absolute Gasteiger partial charge is 0.240 e. The predicted octanol–water partition coefficient (Wildman–Crippen LogP) is -1.36. The first-order valence-corrected chi connectivity index (χ1v) is 5.08. The average Bonchev–Trinajstić information content (AvgIpc) is 2.09. The van der Waals surface area contributed by atoms with E-state index in [0.717, 1.165) is 5.75 Å². The Morgan fingerprint density at radius 2 is 2.46 bits per heavy atom. The van der Waals surface area contributed by atoms with Crippen LogP contribution in [0.4, 0.5) is 0 Å². The van der Waals surface area contributed by atoms with Crippen molar-refractivity contribution in [3.8, 4) is 0 Å². The van der Waals surface area contributed by atoms with Gasteiger partial charge in [0.05, 0.1) is 5.37 Å². The highest BCUT2D eigenvalue weighted by Crippen LogP contribution is 2.17. The Balaban J connectivity index is 2.01. The first kappa shape index (κ1) is 10.3. The Morgan fingerprint density at radius 1 is 1.77 bits per heavy atom. The molecule has 4 N–H and O–H groups in total. The number of carbonyl (C=O) groups is 2. The van der Waals surface area contributed by atoms with E-state index in [-0.39, 0.29) is 23.2 Å². The molecule has 1 saturated heterocycles. The standard InChI is InChI=1S/C7H13N3O2S/c1-4(11)9-2-3-13-7-5(8)6(12)10-7/h5,7H,2-3,8H2,1H3,(H,9,11)(H,10,12)/t5-,7?/m1/s1. The van der Waals surface area contributed by atoms with Gasteiger partial charge in [-0.3, -0.25) is 9.59 Å². The van der Waals surface area contributed by atoms with Crippen LogP contribution in [-0.4, -0.2) is 35.5 Å². The van der Waals surface area contributed by atoms with Crippen molar-refractivity contribution >= 4 is 23.6 Å². The summed E-state index contributed by atoms with van der Waals surface area (Å²) >= 11 is 1.55. The number of nitrogens with two attached hydrogens (primary N) is 1. The van der Waals surface area contributed by atoms with Gasteiger partial charge in [0.1, 0.15) is 6.04 Å². The molecule has 1 aliphatic rings. The maximum atomic E-state index is 10.7. The van der Waals surface area contributed by atoms with Gasteiger partial charge in [0, 0.05) is 19.2 Å². The van der Waals surface area contributed by atoms with E-state index < -0.39 is 0 Å². The quantitative estimate of drug-likeness (QED) is 0.389. The topological polar surface area (TPSA) is 84.2 Å². The molecule has 0 radical (unpaired) electrons. The molecule has 74 valence electrons. The van der Waals surface area contributed by atoms with Crippen LogP contribution in [0.5, 0.6) is 0 Å². The van der Waals surface area contributed by atoms with Crippen molar-refractivity contribution in [2.45, 2.75) is 18.3 Å². The van der Waals surface area contributed by atoms with E-state index in [4.69, 9.17) is 5.73 Å². The Kier molecular flexibility index (Phi) is 3.56. The van der Waals surface area contributed by atoms with Crippen LogP contribution in [0.3, 0.4) is 0 Å². The SMILES string of the molecule is CC(=O)NCCSC1NC(=O)[C@H]1N. The molecule has 1 unspecified atom stereocenters. The van der Waals surface area contributed by atoms with Crippen LogP contribution in [0.15, 0.2) is 0 Å². The van der Waals surface area contributed by atoms with E-state index in [2.05, 4.69) is 10.6 Å². The summed E-state index contributed by atoms with van der Waals surface area (Å²) in [6, 6.07) is -0.387. The molecule has 2 atom stereocenters. The van der Waals surface area contributed by atoms with Crippen molar-refractivity contribution < 1.29 is 9.59 Å². The Hall–Kier alpha value is -0.750. The van der Waals surface area contributed by atoms with E-state index >= 15 is 0 Å². The Labute approximate surface area is 80.8 Å². The number of hydrogen-bond donors (Lipinski definition) is 3. The van der Waals surface area contributed by atoms with Crippen molar-refractivity contribution in [3.63, 3.8) is 0 Å². The van der Waals surface area contributed by atoms with Gasteiger partial charge in [-0.05, 0) is 0 Å². The van der Waals surface area contributed by atoms with Crippen molar-refractivity contribution in [1.29, 1.82) is 0 Å². The summed E-state index contributed by atoms with van der Waals surface area (Å²) in [4.78, 5) is 21.1. The van der Waals surface area contributed by atoms with Crippen LogP contribution in [0.1, 0.15) is 6.92 Å². The fraction of sp³-hybridized carbons (Fsp3) is 0.714. The number of hydrogen-bond acceptors (Lipinski definition) is 4. The predicted molar refractivity (Wildman–Crippen MR) is 51.0 cm³/mol. The summed E-state index contributed by atoms with van der Waals surface area (Å²) in [5.74, 6) is 0.623. The molecule has 13 heavy (non-hydrogen) atoms. The largest absolute Gasteiger partial charge is 0.356 e. The van der Waals surface area contributed by atoms with Gasteiger partial charge in [-0.15, -0.1) is 11.8 Å². The molecular weight excluding hydrogens is 190 g/mol. The zero-order chi connectivity index (χ0) is 9.84. The summed E-state index contributed by atoms with van der Waals surface area (Å²) in [5.41, 5.74) is 5.49. The number of rotatable bonds is 4. The fourth-order valence-corrected chi connectivity index (χ4v) is 1.93. The van der Waals surface area contributed by atoms with E-state index in [0.29, 0.717) is 6.54 Å². The molecule has 0 aromatic rings. The van der Waals surface area contributed by atoms with Gasteiger partial charge in [0.25, 0.3) is 0 Å². The van der Waals surface area contributed by atoms with Crippen LogP contribution in [0, 0.1) is 0 Å². The van der Waals surface area contributed by atoms with Gasteiger partial charge in [0.15, 0.2) is 0 Å². The molecule has 0 aliphatic carbocycles. The maximum absolute atomic E-state index is 10.7. The molecule has 0 aromatic carbocycles. The van der Waals surface area contributed by atoms with Gasteiger partial charge >= 0.3 is 0 Å². The first-order valence-electron chi connectivity index (χ1n) is 4.03. The van der Waals surface area contributed by atoms with Crippen LogP contribution in [0.2, 0.25) is 0 Å². The lowest BCUT2D eigenvalue weighted by atomic mass is 10.2. The second kappa shape index (κ2) is 4.48. The number of amides is 2. The number of thioether (sulfide) groups is 1. The highest BCUT2D eigenvalue weighted by atomic mass is 32.2. The molecular formula is C7H13N3O2S. The molecule has 5 nitrogen and oxygen atoms in total. The van der Waals surface area contributed by atoms with E-state index in [9.17, 15) is 9.59 Å². The van der Waals surface area contributed by atoms with Gasteiger partial charge < -0.3 is 16.4 Å². The summed E-state index contributed by atoms with van der Waals surface area (Å²) in [5, 5.41) is 5.34. The third kappa shape index (κ3) is 2.89. The molecule has 6 heteroatoms. The number of carbonyl (C=O) groups excluding carboxylic acids is 2. The Morgan fingerprint density at radius 3 is 2.92 bits per heavy atom. The molecule has 1 aliphatic heterocycles. The maximum Gasteiger partial charge on any atom is 0.240 e. The van der Waals surface area contributed by atoms with Gasteiger partial charge in [0.2, 0.25) is 11.8 Å². The first-order chi connectivity index (χ1) is 6.11. The molecule has 1 rings (SSSR count). The molecule has 1 heterocycles. The van der Waals surface area contributed by atoms with Crippen molar-refractivity contribution in [2.24, 2.45) is 5.73 Å². The molecule has 0 saturated carbocycles. The van der Waals surface area contributed by atoms with Crippen LogP contribution in [0.25, 0.3) is 0 Å². The minimum Gasteiger partial charge on any atom is -0.356 e. The molecule has 0 aromatic heterocycles. The van der Waals surface area contributed by atoms with Gasteiger partial charge in [-0.1, -0.05) is 0 Å². The zero-order valence-electron chi connectivity index (χ0n) is 7.37. The molecule has 2 amide bonds. The lowest BCUT2D eigenvalue weighted by molar-refractivity contribution is -0.128. The molecule has 0 bridgehead atoms. The van der Waals surface area contributed by atoms with E-state index in [1.165, 1.54) is 6.92 Å². The highest BCUT2D eigenvalue weighted by molar-refractivity contribution is 8.00. The average molecular weight is 203 g/mol. The minimum atomic E-state index is -0.387. The minimum absolute atomic E-state index is 0.0151. The van der Waals surface area contributed by atoms with Crippen LogP contribution >= 0.6 is 11.8 Å². The normalized spacial score (nSPS) is 26.2. The van der Waals surface area contributed by atoms with Gasteiger partial charge in [-0.2, -0.15) is 0 Å². The number of β-lactam (4-membered cyclic amide) rings is 1. The highest BCUT2D eigenvalue weighted by Gasteiger charge is 2.35. The lowest BCUT2D eigenvalue weighted by Gasteiger charge is -2.33. The second-order valence-electron chi connectivity index (χ2n) is 2.81. The monoisotopic (exact) mass is 203 g/mol. The molecule has 0 spiro atoms. The summed E-state index contributed by atoms with van der Waals surface area (Å²) < 4.78 is 0. The van der Waals surface area contributed by atoms with Crippen molar-refractivity contribution in [3.05, 3.63) is 0 Å². The summed E-state index contributed by atoms with van der Waals surface area (Å²) in [6.07, 6.45) is 0. The summed E-state index contributed by atoms with van der Waals surface area (Å²) in [7, 11) is 0. The molecule has 1 fully saturated rings. The van der Waals surface area contributed by atoms with Crippen molar-refractivity contribution in [2.75, 3.05) is 12.3 Å². The van der Waals surface area contributed by atoms with E-state index in [1.807, 2.05) is 0 Å². The zero-order valence-corrected chi connectivity index (χ0v) is 8.19.